The van der Waals surface area contributed by atoms with E-state index in [9.17, 15) is 4.79 Å². The van der Waals surface area contributed by atoms with E-state index in [1.807, 2.05) is 26.0 Å². The van der Waals surface area contributed by atoms with Crippen molar-refractivity contribution in [3.8, 4) is 0 Å². The molecule has 0 heterocycles. The molecule has 2 amide bonds. The van der Waals surface area contributed by atoms with E-state index >= 15 is 0 Å². The molecule has 4 N–H and O–H groups in total. The first-order valence-electron chi connectivity index (χ1n) is 4.51. The van der Waals surface area contributed by atoms with Crippen molar-refractivity contribution < 1.29 is 4.79 Å². The molecule has 14 heavy (non-hydrogen) atoms. The van der Waals surface area contributed by atoms with Crippen molar-refractivity contribution in [1.82, 2.24) is 5.32 Å². The molecule has 4 nitrogen and oxygen atoms in total. The molecule has 0 radical (unpaired) electrons. The number of amides is 2. The smallest absolute Gasteiger partial charge is 0.319 e. The Morgan fingerprint density at radius 1 is 1.36 bits per heavy atom. The Kier molecular flexibility index (Phi) is 3.34. The average Bonchev–Trinajstić information content (AvgIpc) is 2.07. The summed E-state index contributed by atoms with van der Waals surface area (Å²) in [6.45, 7) is 3.79. The van der Waals surface area contributed by atoms with Crippen LogP contribution in [0.4, 0.5) is 16.2 Å². The second-order valence-electron chi connectivity index (χ2n) is 3.34. The summed E-state index contributed by atoms with van der Waals surface area (Å²) in [4.78, 5) is 11.3. The molecule has 0 saturated carbocycles. The molecule has 0 aliphatic carbocycles. The Balaban J connectivity index is 2.61. The lowest BCUT2D eigenvalue weighted by atomic mass is 10.3. The summed E-state index contributed by atoms with van der Waals surface area (Å²) < 4.78 is 0. The van der Waals surface area contributed by atoms with E-state index in [0.29, 0.717) is 11.4 Å². The molecule has 0 bridgehead atoms. The monoisotopic (exact) mass is 193 g/mol. The van der Waals surface area contributed by atoms with Crippen molar-refractivity contribution in [2.24, 2.45) is 0 Å². The van der Waals surface area contributed by atoms with Gasteiger partial charge in [0.1, 0.15) is 0 Å². The van der Waals surface area contributed by atoms with E-state index < -0.39 is 0 Å². The SMILES string of the molecule is CC(C)NC(=O)Nc1ccccc1N. The van der Waals surface area contributed by atoms with Gasteiger partial charge in [0.2, 0.25) is 0 Å². The van der Waals surface area contributed by atoms with Gasteiger partial charge in [0.25, 0.3) is 0 Å². The molecule has 0 fully saturated rings. The van der Waals surface area contributed by atoms with Crippen LogP contribution in [0.25, 0.3) is 0 Å². The highest BCUT2D eigenvalue weighted by atomic mass is 16.2. The zero-order valence-electron chi connectivity index (χ0n) is 8.37. The fraction of sp³-hybridized carbons (Fsp3) is 0.300. The number of hydrogen-bond acceptors (Lipinski definition) is 2. The van der Waals surface area contributed by atoms with E-state index in [1.165, 1.54) is 0 Å². The van der Waals surface area contributed by atoms with Gasteiger partial charge >= 0.3 is 6.03 Å². The van der Waals surface area contributed by atoms with Crippen molar-refractivity contribution >= 4 is 17.4 Å². The number of para-hydroxylation sites is 2. The maximum Gasteiger partial charge on any atom is 0.319 e. The summed E-state index contributed by atoms with van der Waals surface area (Å²) >= 11 is 0. The number of nitrogens with one attached hydrogen (secondary N) is 2. The highest BCUT2D eigenvalue weighted by Crippen LogP contribution is 2.16. The summed E-state index contributed by atoms with van der Waals surface area (Å²) in [5.74, 6) is 0. The molecule has 76 valence electrons. The summed E-state index contributed by atoms with van der Waals surface area (Å²) in [6.07, 6.45) is 0. The molecule has 0 aromatic heterocycles. The Morgan fingerprint density at radius 3 is 2.57 bits per heavy atom. The molecule has 0 spiro atoms. The van der Waals surface area contributed by atoms with E-state index in [1.54, 1.807) is 12.1 Å². The minimum Gasteiger partial charge on any atom is -0.397 e. The number of carbonyl (C=O) groups is 1. The molecule has 1 aromatic rings. The van der Waals surface area contributed by atoms with Crippen molar-refractivity contribution in [1.29, 1.82) is 0 Å². The minimum absolute atomic E-state index is 0.111. The van der Waals surface area contributed by atoms with Gasteiger partial charge in [-0.1, -0.05) is 12.1 Å². The van der Waals surface area contributed by atoms with Gasteiger partial charge in [0.15, 0.2) is 0 Å². The quantitative estimate of drug-likeness (QED) is 0.627. The van der Waals surface area contributed by atoms with Gasteiger partial charge in [0, 0.05) is 6.04 Å². The van der Waals surface area contributed by atoms with Crippen LogP contribution in [0.1, 0.15) is 13.8 Å². The Labute approximate surface area is 83.5 Å². The molecular weight excluding hydrogens is 178 g/mol. The van der Waals surface area contributed by atoms with E-state index in [4.69, 9.17) is 5.73 Å². The predicted molar refractivity (Wildman–Crippen MR) is 58.1 cm³/mol. The van der Waals surface area contributed by atoms with Crippen LogP contribution in [0.2, 0.25) is 0 Å². The molecule has 0 aliphatic rings. The molecule has 0 atom stereocenters. The second-order valence-corrected chi connectivity index (χ2v) is 3.34. The summed E-state index contributed by atoms with van der Waals surface area (Å²) in [7, 11) is 0. The molecule has 1 rings (SSSR count). The zero-order chi connectivity index (χ0) is 10.6. The van der Waals surface area contributed by atoms with E-state index in [2.05, 4.69) is 10.6 Å². The van der Waals surface area contributed by atoms with Gasteiger partial charge < -0.3 is 16.4 Å². The van der Waals surface area contributed by atoms with Gasteiger partial charge in [-0.3, -0.25) is 0 Å². The molecule has 4 heteroatoms. The molecule has 0 unspecified atom stereocenters. The molecule has 0 aliphatic heterocycles. The number of nitrogen functional groups attached to an aromatic ring is 1. The van der Waals surface area contributed by atoms with Gasteiger partial charge in [-0.15, -0.1) is 0 Å². The van der Waals surface area contributed by atoms with Crippen molar-refractivity contribution in [2.45, 2.75) is 19.9 Å². The Morgan fingerprint density at radius 2 is 2.00 bits per heavy atom. The van der Waals surface area contributed by atoms with Gasteiger partial charge in [-0.05, 0) is 26.0 Å². The van der Waals surface area contributed by atoms with Crippen LogP contribution in [-0.4, -0.2) is 12.1 Å². The third-order valence-electron chi connectivity index (χ3n) is 1.63. The summed E-state index contributed by atoms with van der Waals surface area (Å²) in [5.41, 5.74) is 6.85. The van der Waals surface area contributed by atoms with Crippen LogP contribution in [0.15, 0.2) is 24.3 Å². The van der Waals surface area contributed by atoms with Crippen molar-refractivity contribution in [3.05, 3.63) is 24.3 Å². The zero-order valence-corrected chi connectivity index (χ0v) is 8.37. The van der Waals surface area contributed by atoms with E-state index in [0.717, 1.165) is 0 Å². The maximum absolute atomic E-state index is 11.3. The average molecular weight is 193 g/mol. The number of benzene rings is 1. The number of nitrogens with two attached hydrogens (primary N) is 1. The molecule has 1 aromatic carbocycles. The van der Waals surface area contributed by atoms with Crippen LogP contribution >= 0.6 is 0 Å². The minimum atomic E-state index is -0.238. The third kappa shape index (κ3) is 2.97. The third-order valence-corrected chi connectivity index (χ3v) is 1.63. The van der Waals surface area contributed by atoms with Crippen LogP contribution < -0.4 is 16.4 Å². The summed E-state index contributed by atoms with van der Waals surface area (Å²) in [6, 6.07) is 7.01. The first kappa shape index (κ1) is 10.4. The Bertz CT molecular complexity index is 323. The van der Waals surface area contributed by atoms with Crippen molar-refractivity contribution in [3.63, 3.8) is 0 Å². The lowest BCUT2D eigenvalue weighted by Gasteiger charge is -2.11. The number of anilines is 2. The summed E-state index contributed by atoms with van der Waals surface area (Å²) in [5, 5.41) is 5.38. The highest BCUT2D eigenvalue weighted by molar-refractivity contribution is 5.92. The van der Waals surface area contributed by atoms with Crippen molar-refractivity contribution in [2.75, 3.05) is 11.1 Å². The molecule has 0 saturated heterocycles. The highest BCUT2D eigenvalue weighted by Gasteiger charge is 2.04. The molecular formula is C10H15N3O. The lowest BCUT2D eigenvalue weighted by Crippen LogP contribution is -2.34. The van der Waals surface area contributed by atoms with Crippen LogP contribution in [0.3, 0.4) is 0 Å². The topological polar surface area (TPSA) is 67.2 Å². The Hall–Kier alpha value is -1.71. The van der Waals surface area contributed by atoms with Crippen LogP contribution in [-0.2, 0) is 0 Å². The fourth-order valence-corrected chi connectivity index (χ4v) is 1.03. The normalized spacial score (nSPS) is 9.93. The largest absolute Gasteiger partial charge is 0.397 e. The first-order chi connectivity index (χ1) is 6.59. The van der Waals surface area contributed by atoms with E-state index in [-0.39, 0.29) is 12.1 Å². The predicted octanol–water partition coefficient (Wildman–Crippen LogP) is 1.80. The van der Waals surface area contributed by atoms with Gasteiger partial charge in [-0.25, -0.2) is 4.79 Å². The number of urea groups is 1. The first-order valence-corrected chi connectivity index (χ1v) is 4.51. The second kappa shape index (κ2) is 4.50. The van der Waals surface area contributed by atoms with Crippen LogP contribution in [0, 0.1) is 0 Å². The number of hydrogen-bond donors (Lipinski definition) is 3. The van der Waals surface area contributed by atoms with Gasteiger partial charge in [0.05, 0.1) is 11.4 Å². The maximum atomic E-state index is 11.3. The van der Waals surface area contributed by atoms with Crippen LogP contribution in [0.5, 0.6) is 0 Å². The number of carbonyl (C=O) groups excluding carboxylic acids is 1. The van der Waals surface area contributed by atoms with Gasteiger partial charge in [-0.2, -0.15) is 0 Å². The fourth-order valence-electron chi connectivity index (χ4n) is 1.03. The standard InChI is InChI=1S/C10H15N3O/c1-7(2)12-10(14)13-9-6-4-3-5-8(9)11/h3-7H,11H2,1-2H3,(H2,12,13,14). The number of rotatable bonds is 2. The lowest BCUT2D eigenvalue weighted by molar-refractivity contribution is 0.250.